The molecule has 0 aliphatic carbocycles. The van der Waals surface area contributed by atoms with Crippen molar-refractivity contribution in [1.29, 1.82) is 0 Å². The van der Waals surface area contributed by atoms with E-state index in [9.17, 15) is 8.42 Å². The van der Waals surface area contributed by atoms with Crippen molar-refractivity contribution >= 4 is 21.6 Å². The van der Waals surface area contributed by atoms with E-state index in [0.29, 0.717) is 10.8 Å². The molecule has 0 saturated heterocycles. The molecule has 5 heteroatoms. The molecule has 0 aromatic heterocycles. The number of alkyl halides is 1. The Labute approximate surface area is 121 Å². The fourth-order valence-electron chi connectivity index (χ4n) is 1.96. The second kappa shape index (κ2) is 6.73. The first-order valence-corrected chi connectivity index (χ1v) is 8.45. The number of halogens is 1. The van der Waals surface area contributed by atoms with Gasteiger partial charge in [0, 0.05) is 19.0 Å². The van der Waals surface area contributed by atoms with E-state index in [2.05, 4.69) is 6.92 Å². The van der Waals surface area contributed by atoms with Gasteiger partial charge in [-0.05, 0) is 43.5 Å². The molecule has 1 aromatic rings. The highest BCUT2D eigenvalue weighted by atomic mass is 35.5. The van der Waals surface area contributed by atoms with E-state index in [-0.39, 0.29) is 6.04 Å². The van der Waals surface area contributed by atoms with Gasteiger partial charge in [-0.15, -0.1) is 11.6 Å². The summed E-state index contributed by atoms with van der Waals surface area (Å²) in [6, 6.07) is 5.13. The van der Waals surface area contributed by atoms with E-state index in [1.807, 2.05) is 19.9 Å². The molecule has 0 bridgehead atoms. The molecule has 0 N–H and O–H groups in total. The lowest BCUT2D eigenvalue weighted by Crippen LogP contribution is -2.35. The van der Waals surface area contributed by atoms with Crippen molar-refractivity contribution in [2.45, 2.75) is 50.4 Å². The predicted octanol–water partition coefficient (Wildman–Crippen LogP) is 3.54. The molecule has 1 rings (SSSR count). The first kappa shape index (κ1) is 16.5. The Morgan fingerprint density at radius 3 is 2.53 bits per heavy atom. The highest BCUT2D eigenvalue weighted by molar-refractivity contribution is 7.89. The third-order valence-corrected chi connectivity index (χ3v) is 5.72. The van der Waals surface area contributed by atoms with Gasteiger partial charge in [-0.1, -0.05) is 19.4 Å². The summed E-state index contributed by atoms with van der Waals surface area (Å²) >= 11 is 5.84. The fraction of sp³-hybridized carbons (Fsp3) is 0.571. The lowest BCUT2D eigenvalue weighted by Gasteiger charge is -2.24. The third kappa shape index (κ3) is 3.71. The number of benzene rings is 1. The van der Waals surface area contributed by atoms with Crippen LogP contribution in [0.1, 0.15) is 37.8 Å². The van der Waals surface area contributed by atoms with Crippen molar-refractivity contribution in [2.24, 2.45) is 0 Å². The van der Waals surface area contributed by atoms with Crippen LogP contribution >= 0.6 is 11.6 Å². The lowest BCUT2D eigenvalue weighted by atomic mass is 10.1. The number of sulfonamides is 1. The summed E-state index contributed by atoms with van der Waals surface area (Å²) in [5, 5.41) is 0. The van der Waals surface area contributed by atoms with Crippen molar-refractivity contribution in [1.82, 2.24) is 4.31 Å². The van der Waals surface area contributed by atoms with E-state index in [4.69, 9.17) is 11.6 Å². The molecule has 1 aromatic carbocycles. The number of hydrogen-bond donors (Lipinski definition) is 0. The van der Waals surface area contributed by atoms with Crippen LogP contribution < -0.4 is 0 Å². The normalized spacial score (nSPS) is 13.8. The molecule has 0 fully saturated rings. The van der Waals surface area contributed by atoms with Crippen LogP contribution in [-0.2, 0) is 15.9 Å². The van der Waals surface area contributed by atoms with Gasteiger partial charge in [0.05, 0.1) is 4.90 Å². The van der Waals surface area contributed by atoms with Gasteiger partial charge in [0.15, 0.2) is 0 Å². The van der Waals surface area contributed by atoms with Crippen LogP contribution in [0.3, 0.4) is 0 Å². The van der Waals surface area contributed by atoms with Gasteiger partial charge in [-0.3, -0.25) is 0 Å². The molecule has 3 nitrogen and oxygen atoms in total. The molecule has 108 valence electrons. The van der Waals surface area contributed by atoms with Gasteiger partial charge in [0.2, 0.25) is 10.0 Å². The first-order chi connectivity index (χ1) is 8.84. The van der Waals surface area contributed by atoms with Gasteiger partial charge in [0.1, 0.15) is 0 Å². The lowest BCUT2D eigenvalue weighted by molar-refractivity contribution is 0.368. The van der Waals surface area contributed by atoms with Gasteiger partial charge in [-0.25, -0.2) is 8.42 Å². The SMILES string of the molecule is CCCC(C)N(C)S(=O)(=O)c1ccc(C)c(CCl)c1. The zero-order valence-corrected chi connectivity index (χ0v) is 13.6. The van der Waals surface area contributed by atoms with Crippen LogP contribution in [-0.4, -0.2) is 25.8 Å². The van der Waals surface area contributed by atoms with Crippen LogP contribution in [0.25, 0.3) is 0 Å². The molecule has 0 saturated carbocycles. The Morgan fingerprint density at radius 2 is 2.00 bits per heavy atom. The molecule has 0 radical (unpaired) electrons. The Morgan fingerprint density at radius 1 is 1.37 bits per heavy atom. The Balaban J connectivity index is 3.13. The molecule has 1 unspecified atom stereocenters. The topological polar surface area (TPSA) is 37.4 Å². The Kier molecular flexibility index (Phi) is 5.83. The summed E-state index contributed by atoms with van der Waals surface area (Å²) in [7, 11) is -1.80. The van der Waals surface area contributed by atoms with Crippen molar-refractivity contribution in [2.75, 3.05) is 7.05 Å². The van der Waals surface area contributed by atoms with E-state index in [1.165, 1.54) is 4.31 Å². The predicted molar refractivity (Wildman–Crippen MR) is 80.1 cm³/mol. The molecule has 0 heterocycles. The number of hydrogen-bond acceptors (Lipinski definition) is 2. The highest BCUT2D eigenvalue weighted by Gasteiger charge is 2.25. The number of aryl methyl sites for hydroxylation is 1. The zero-order valence-electron chi connectivity index (χ0n) is 12.0. The summed E-state index contributed by atoms with van der Waals surface area (Å²) in [6.45, 7) is 5.91. The minimum atomic E-state index is -3.44. The standard InChI is InChI=1S/C14H22ClNO2S/c1-5-6-12(3)16(4)19(17,18)14-8-7-11(2)13(9-14)10-15/h7-9,12H,5-6,10H2,1-4H3. The molecule has 0 aliphatic heterocycles. The van der Waals surface area contributed by atoms with Crippen LogP contribution in [0.5, 0.6) is 0 Å². The van der Waals surface area contributed by atoms with E-state index in [1.54, 1.807) is 19.2 Å². The largest absolute Gasteiger partial charge is 0.243 e. The maximum Gasteiger partial charge on any atom is 0.243 e. The monoisotopic (exact) mass is 303 g/mol. The van der Waals surface area contributed by atoms with Crippen molar-refractivity contribution in [3.05, 3.63) is 29.3 Å². The van der Waals surface area contributed by atoms with Gasteiger partial charge in [-0.2, -0.15) is 4.31 Å². The van der Waals surface area contributed by atoms with E-state index >= 15 is 0 Å². The van der Waals surface area contributed by atoms with E-state index < -0.39 is 10.0 Å². The molecular weight excluding hydrogens is 282 g/mol. The van der Waals surface area contributed by atoms with Crippen LogP contribution in [0.15, 0.2) is 23.1 Å². The summed E-state index contributed by atoms with van der Waals surface area (Å²) in [4.78, 5) is 0.319. The second-order valence-corrected chi connectivity index (χ2v) is 7.15. The van der Waals surface area contributed by atoms with Gasteiger partial charge >= 0.3 is 0 Å². The second-order valence-electron chi connectivity index (χ2n) is 4.88. The maximum atomic E-state index is 12.5. The smallest absolute Gasteiger partial charge is 0.207 e. The van der Waals surface area contributed by atoms with Crippen LogP contribution in [0.2, 0.25) is 0 Å². The van der Waals surface area contributed by atoms with Crippen LogP contribution in [0, 0.1) is 6.92 Å². The highest BCUT2D eigenvalue weighted by Crippen LogP contribution is 2.22. The Bertz CT molecular complexity index is 528. The molecule has 0 amide bonds. The van der Waals surface area contributed by atoms with Crippen molar-refractivity contribution in [3.8, 4) is 0 Å². The third-order valence-electron chi connectivity index (χ3n) is 3.47. The molecule has 19 heavy (non-hydrogen) atoms. The molecular formula is C14H22ClNO2S. The molecule has 0 aliphatic rings. The van der Waals surface area contributed by atoms with Gasteiger partial charge < -0.3 is 0 Å². The summed E-state index contributed by atoms with van der Waals surface area (Å²) in [5.41, 5.74) is 1.87. The first-order valence-electron chi connectivity index (χ1n) is 6.48. The molecule has 0 spiro atoms. The average Bonchev–Trinajstić information content (AvgIpc) is 2.38. The average molecular weight is 304 g/mol. The summed E-state index contributed by atoms with van der Waals surface area (Å²) in [6.07, 6.45) is 1.81. The van der Waals surface area contributed by atoms with E-state index in [0.717, 1.165) is 24.0 Å². The summed E-state index contributed by atoms with van der Waals surface area (Å²) in [5.74, 6) is 0.323. The minimum Gasteiger partial charge on any atom is -0.207 e. The van der Waals surface area contributed by atoms with Crippen molar-refractivity contribution in [3.63, 3.8) is 0 Å². The fourth-order valence-corrected chi connectivity index (χ4v) is 3.69. The van der Waals surface area contributed by atoms with Crippen LogP contribution in [0.4, 0.5) is 0 Å². The van der Waals surface area contributed by atoms with Gasteiger partial charge in [0.25, 0.3) is 0 Å². The maximum absolute atomic E-state index is 12.5. The zero-order chi connectivity index (χ0) is 14.6. The number of rotatable bonds is 6. The van der Waals surface area contributed by atoms with Crippen molar-refractivity contribution < 1.29 is 8.42 Å². The number of nitrogens with zero attached hydrogens (tertiary/aromatic N) is 1. The Hall–Kier alpha value is -0.580. The minimum absolute atomic E-state index is 0.00393. The summed E-state index contributed by atoms with van der Waals surface area (Å²) < 4.78 is 26.5. The quantitative estimate of drug-likeness (QED) is 0.754. The molecule has 1 atom stereocenters.